The van der Waals surface area contributed by atoms with E-state index in [1.54, 1.807) is 0 Å². The van der Waals surface area contributed by atoms with E-state index in [-0.39, 0.29) is 12.1 Å². The zero-order valence-electron chi connectivity index (χ0n) is 9.24. The van der Waals surface area contributed by atoms with Crippen molar-refractivity contribution in [2.75, 3.05) is 6.61 Å². The maximum atomic E-state index is 6.05. The molecule has 3 heteroatoms. The summed E-state index contributed by atoms with van der Waals surface area (Å²) < 4.78 is 6.73. The first-order chi connectivity index (χ1) is 7.13. The smallest absolute Gasteiger partial charge is 0.0700 e. The van der Waals surface area contributed by atoms with E-state index in [0.717, 1.165) is 13.0 Å². The van der Waals surface area contributed by atoms with Crippen LogP contribution in [0.25, 0.3) is 0 Å². The van der Waals surface area contributed by atoms with Gasteiger partial charge in [0.15, 0.2) is 0 Å². The highest BCUT2D eigenvalue weighted by atomic mass is 127. The summed E-state index contributed by atoms with van der Waals surface area (Å²) in [7, 11) is 0. The molecule has 0 aromatic heterocycles. The molecular formula is C12H18INO. The summed E-state index contributed by atoms with van der Waals surface area (Å²) in [6.07, 6.45) is 0.993. The molecule has 2 N–H and O–H groups in total. The molecule has 84 valence electrons. The van der Waals surface area contributed by atoms with Crippen molar-refractivity contribution in [2.24, 2.45) is 5.73 Å². The van der Waals surface area contributed by atoms with Crippen LogP contribution in [0.5, 0.6) is 0 Å². The second kappa shape index (κ2) is 6.45. The van der Waals surface area contributed by atoms with Crippen LogP contribution >= 0.6 is 22.6 Å². The molecule has 0 fully saturated rings. The molecule has 0 aliphatic carbocycles. The fourth-order valence-electron chi connectivity index (χ4n) is 1.45. The minimum atomic E-state index is 0.0741. The molecule has 0 amide bonds. The van der Waals surface area contributed by atoms with Crippen molar-refractivity contribution in [3.8, 4) is 0 Å². The third-order valence-corrected chi connectivity index (χ3v) is 3.14. The van der Waals surface area contributed by atoms with Crippen molar-refractivity contribution in [2.45, 2.75) is 32.4 Å². The second-order valence-corrected chi connectivity index (χ2v) is 4.90. The van der Waals surface area contributed by atoms with Crippen LogP contribution in [0.2, 0.25) is 0 Å². The topological polar surface area (TPSA) is 35.2 Å². The van der Waals surface area contributed by atoms with E-state index >= 15 is 0 Å². The van der Waals surface area contributed by atoms with E-state index in [9.17, 15) is 0 Å². The Bertz CT molecular complexity index is 286. The van der Waals surface area contributed by atoms with Gasteiger partial charge in [-0.15, -0.1) is 0 Å². The average molecular weight is 319 g/mol. The van der Waals surface area contributed by atoms with Crippen LogP contribution in [0, 0.1) is 3.57 Å². The molecule has 0 saturated heterocycles. The summed E-state index contributed by atoms with van der Waals surface area (Å²) in [5.74, 6) is 0. The van der Waals surface area contributed by atoms with Gasteiger partial charge in [0.2, 0.25) is 0 Å². The second-order valence-electron chi connectivity index (χ2n) is 3.65. The molecule has 0 radical (unpaired) electrons. The summed E-state index contributed by atoms with van der Waals surface area (Å²) in [5.41, 5.74) is 7.32. The monoisotopic (exact) mass is 319 g/mol. The highest BCUT2D eigenvalue weighted by Crippen LogP contribution is 2.10. The average Bonchev–Trinajstić information content (AvgIpc) is 2.22. The van der Waals surface area contributed by atoms with Crippen molar-refractivity contribution in [1.82, 2.24) is 0 Å². The maximum absolute atomic E-state index is 6.05. The lowest BCUT2D eigenvalue weighted by Gasteiger charge is -2.19. The Labute approximate surface area is 105 Å². The van der Waals surface area contributed by atoms with Crippen LogP contribution in [0.4, 0.5) is 0 Å². The molecule has 0 spiro atoms. The van der Waals surface area contributed by atoms with Crippen molar-refractivity contribution < 1.29 is 4.74 Å². The Hall–Kier alpha value is -0.130. The Balaban J connectivity index is 2.50. The van der Waals surface area contributed by atoms with E-state index in [1.807, 2.05) is 13.8 Å². The first-order valence-corrected chi connectivity index (χ1v) is 6.33. The lowest BCUT2D eigenvalue weighted by molar-refractivity contribution is 0.0577. The third-order valence-electron chi connectivity index (χ3n) is 2.42. The first kappa shape index (κ1) is 12.9. The van der Waals surface area contributed by atoms with Crippen molar-refractivity contribution in [1.29, 1.82) is 0 Å². The van der Waals surface area contributed by atoms with Gasteiger partial charge in [0, 0.05) is 16.2 Å². The van der Waals surface area contributed by atoms with Gasteiger partial charge in [-0.1, -0.05) is 12.1 Å². The number of halogens is 1. The predicted octanol–water partition coefficient (Wildman–Crippen LogP) is 2.59. The van der Waals surface area contributed by atoms with Gasteiger partial charge >= 0.3 is 0 Å². The highest BCUT2D eigenvalue weighted by molar-refractivity contribution is 14.1. The van der Waals surface area contributed by atoms with Crippen LogP contribution < -0.4 is 5.73 Å². The van der Waals surface area contributed by atoms with E-state index < -0.39 is 0 Å². The summed E-state index contributed by atoms with van der Waals surface area (Å²) >= 11 is 2.30. The van der Waals surface area contributed by atoms with Crippen LogP contribution in [0.3, 0.4) is 0 Å². The Morgan fingerprint density at radius 3 is 2.47 bits per heavy atom. The molecule has 2 nitrogen and oxygen atoms in total. The van der Waals surface area contributed by atoms with Crippen molar-refractivity contribution in [3.05, 3.63) is 33.4 Å². The normalized spacial score (nSPS) is 14.9. The fraction of sp³-hybridized carbons (Fsp3) is 0.500. The number of rotatable bonds is 5. The number of hydrogen-bond acceptors (Lipinski definition) is 2. The summed E-state index contributed by atoms with van der Waals surface area (Å²) in [5, 5.41) is 0. The van der Waals surface area contributed by atoms with Crippen LogP contribution in [0.15, 0.2) is 24.3 Å². The number of benzene rings is 1. The first-order valence-electron chi connectivity index (χ1n) is 5.25. The molecule has 2 unspecified atom stereocenters. The molecule has 0 aliphatic heterocycles. The molecular weight excluding hydrogens is 301 g/mol. The van der Waals surface area contributed by atoms with Crippen LogP contribution in [-0.2, 0) is 11.2 Å². The zero-order chi connectivity index (χ0) is 11.3. The maximum Gasteiger partial charge on any atom is 0.0700 e. The van der Waals surface area contributed by atoms with E-state index in [0.29, 0.717) is 0 Å². The summed E-state index contributed by atoms with van der Waals surface area (Å²) in [6, 6.07) is 8.53. The largest absolute Gasteiger partial charge is 0.377 e. The van der Waals surface area contributed by atoms with Crippen LogP contribution in [-0.4, -0.2) is 18.8 Å². The van der Waals surface area contributed by atoms with Gasteiger partial charge in [0.05, 0.1) is 6.10 Å². The van der Waals surface area contributed by atoms with Crippen molar-refractivity contribution in [3.63, 3.8) is 0 Å². The quantitative estimate of drug-likeness (QED) is 0.847. The van der Waals surface area contributed by atoms with E-state index in [2.05, 4.69) is 46.9 Å². The predicted molar refractivity (Wildman–Crippen MR) is 71.9 cm³/mol. The SMILES string of the molecule is CCOC(C)C(N)Cc1ccc(I)cc1. The molecule has 2 atom stereocenters. The highest BCUT2D eigenvalue weighted by Gasteiger charge is 2.12. The number of hydrogen-bond donors (Lipinski definition) is 1. The molecule has 0 saturated carbocycles. The minimum absolute atomic E-state index is 0.0741. The number of nitrogens with two attached hydrogens (primary N) is 1. The molecule has 15 heavy (non-hydrogen) atoms. The van der Waals surface area contributed by atoms with Gasteiger partial charge in [-0.25, -0.2) is 0 Å². The lowest BCUT2D eigenvalue weighted by Crippen LogP contribution is -2.36. The molecule has 1 aromatic carbocycles. The van der Waals surface area contributed by atoms with Gasteiger partial charge in [0.1, 0.15) is 0 Å². The van der Waals surface area contributed by atoms with Gasteiger partial charge in [0.25, 0.3) is 0 Å². The Morgan fingerprint density at radius 2 is 1.93 bits per heavy atom. The molecule has 1 aromatic rings. The van der Waals surface area contributed by atoms with Gasteiger partial charge < -0.3 is 10.5 Å². The third kappa shape index (κ3) is 4.49. The van der Waals surface area contributed by atoms with E-state index in [4.69, 9.17) is 10.5 Å². The minimum Gasteiger partial charge on any atom is -0.377 e. The molecule has 0 heterocycles. The van der Waals surface area contributed by atoms with Crippen LogP contribution in [0.1, 0.15) is 19.4 Å². The zero-order valence-corrected chi connectivity index (χ0v) is 11.4. The fourth-order valence-corrected chi connectivity index (χ4v) is 1.80. The van der Waals surface area contributed by atoms with Gasteiger partial charge in [-0.3, -0.25) is 0 Å². The summed E-state index contributed by atoms with van der Waals surface area (Å²) in [4.78, 5) is 0. The van der Waals surface area contributed by atoms with Gasteiger partial charge in [-0.2, -0.15) is 0 Å². The molecule has 0 aliphatic rings. The van der Waals surface area contributed by atoms with Crippen molar-refractivity contribution >= 4 is 22.6 Å². The molecule has 1 rings (SSSR count). The lowest BCUT2D eigenvalue weighted by atomic mass is 10.0. The van der Waals surface area contributed by atoms with Gasteiger partial charge in [-0.05, 0) is 60.6 Å². The Kier molecular flexibility index (Phi) is 5.56. The summed E-state index contributed by atoms with van der Waals surface area (Å²) in [6.45, 7) is 4.75. The number of ether oxygens (including phenoxy) is 1. The molecule has 0 bridgehead atoms. The Morgan fingerprint density at radius 1 is 1.33 bits per heavy atom. The standard InChI is InChI=1S/C12H18INO/c1-3-15-9(2)12(14)8-10-4-6-11(13)7-5-10/h4-7,9,12H,3,8,14H2,1-2H3. The van der Waals surface area contributed by atoms with E-state index in [1.165, 1.54) is 9.13 Å².